The fourth-order valence-corrected chi connectivity index (χ4v) is 2.19. The van der Waals surface area contributed by atoms with Crippen LogP contribution < -0.4 is 4.90 Å². The molecule has 0 saturated carbocycles. The van der Waals surface area contributed by atoms with Gasteiger partial charge < -0.3 is 4.90 Å². The van der Waals surface area contributed by atoms with Gasteiger partial charge in [-0.2, -0.15) is 5.26 Å². The molecule has 0 bridgehead atoms. The predicted molar refractivity (Wildman–Crippen MR) is 79.2 cm³/mol. The third-order valence-electron chi connectivity index (χ3n) is 3.24. The number of benzene rings is 2. The zero-order chi connectivity index (χ0) is 13.5. The zero-order valence-corrected chi connectivity index (χ0v) is 11.2. The van der Waals surface area contributed by atoms with Crippen molar-refractivity contribution in [2.45, 2.75) is 12.8 Å². The summed E-state index contributed by atoms with van der Waals surface area (Å²) >= 11 is 0. The largest absolute Gasteiger partial charge is 0.374 e. The predicted octanol–water partition coefficient (Wildman–Crippen LogP) is 3.63. The summed E-state index contributed by atoms with van der Waals surface area (Å²) in [5, 5.41) is 9.09. The van der Waals surface area contributed by atoms with E-state index >= 15 is 0 Å². The highest BCUT2D eigenvalue weighted by Crippen LogP contribution is 2.18. The van der Waals surface area contributed by atoms with E-state index in [0.29, 0.717) is 0 Å². The lowest BCUT2D eigenvalue weighted by molar-refractivity contribution is 0.785. The van der Waals surface area contributed by atoms with Crippen LogP contribution in [0.4, 0.5) is 5.69 Å². The van der Waals surface area contributed by atoms with Crippen LogP contribution in [0.5, 0.6) is 0 Å². The van der Waals surface area contributed by atoms with Gasteiger partial charge in [0.2, 0.25) is 0 Å². The van der Waals surface area contributed by atoms with Gasteiger partial charge in [-0.25, -0.2) is 0 Å². The molecule has 0 N–H and O–H groups in total. The topological polar surface area (TPSA) is 27.0 Å². The van der Waals surface area contributed by atoms with Crippen molar-refractivity contribution in [3.63, 3.8) is 0 Å². The summed E-state index contributed by atoms with van der Waals surface area (Å²) in [6.07, 6.45) is 2.15. The Morgan fingerprint density at radius 3 is 2.42 bits per heavy atom. The van der Waals surface area contributed by atoms with Crippen LogP contribution in [0.1, 0.15) is 17.5 Å². The Hall–Kier alpha value is -2.27. The molecule has 2 aromatic rings. The summed E-state index contributed by atoms with van der Waals surface area (Å²) in [6, 6.07) is 20.5. The second-order valence-corrected chi connectivity index (χ2v) is 4.64. The van der Waals surface area contributed by atoms with Gasteiger partial charge in [-0.3, -0.25) is 0 Å². The zero-order valence-electron chi connectivity index (χ0n) is 11.2. The van der Waals surface area contributed by atoms with Crippen LogP contribution in [0.15, 0.2) is 54.6 Å². The number of aryl methyl sites for hydroxylation is 1. The van der Waals surface area contributed by atoms with E-state index in [4.69, 9.17) is 5.26 Å². The Morgan fingerprint density at radius 2 is 1.68 bits per heavy atom. The average molecular weight is 250 g/mol. The van der Waals surface area contributed by atoms with Gasteiger partial charge in [-0.15, -0.1) is 0 Å². The first kappa shape index (κ1) is 13.2. The van der Waals surface area contributed by atoms with Gasteiger partial charge in [0.15, 0.2) is 0 Å². The van der Waals surface area contributed by atoms with Crippen LogP contribution in [0.2, 0.25) is 0 Å². The molecule has 0 unspecified atom stereocenters. The molecular weight excluding hydrogens is 232 g/mol. The van der Waals surface area contributed by atoms with Crippen molar-refractivity contribution >= 4 is 5.69 Å². The normalized spacial score (nSPS) is 9.89. The van der Waals surface area contributed by atoms with Crippen LogP contribution in [0, 0.1) is 11.3 Å². The molecule has 0 aromatic heterocycles. The van der Waals surface area contributed by atoms with Crippen molar-refractivity contribution in [3.8, 4) is 6.07 Å². The number of para-hydroxylation sites is 1. The van der Waals surface area contributed by atoms with Crippen molar-refractivity contribution in [1.29, 1.82) is 5.26 Å². The Kier molecular flexibility index (Phi) is 4.58. The van der Waals surface area contributed by atoms with E-state index in [0.717, 1.165) is 30.6 Å². The monoisotopic (exact) mass is 250 g/mol. The van der Waals surface area contributed by atoms with Crippen LogP contribution in [0.25, 0.3) is 0 Å². The fourth-order valence-electron chi connectivity index (χ4n) is 2.19. The van der Waals surface area contributed by atoms with E-state index in [1.54, 1.807) is 0 Å². The van der Waals surface area contributed by atoms with E-state index in [1.807, 2.05) is 37.4 Å². The van der Waals surface area contributed by atoms with Gasteiger partial charge in [0.25, 0.3) is 0 Å². The second kappa shape index (κ2) is 6.61. The number of hydrogen-bond donors (Lipinski definition) is 0. The minimum atomic E-state index is 0.740. The summed E-state index contributed by atoms with van der Waals surface area (Å²) in [6.45, 7) is 0.952. The van der Waals surface area contributed by atoms with Gasteiger partial charge in [0, 0.05) is 13.6 Å². The highest BCUT2D eigenvalue weighted by molar-refractivity contribution is 5.58. The van der Waals surface area contributed by atoms with E-state index in [9.17, 15) is 0 Å². The van der Waals surface area contributed by atoms with E-state index in [1.165, 1.54) is 5.56 Å². The number of nitrogens with zero attached hydrogens (tertiary/aromatic N) is 2. The summed E-state index contributed by atoms with van der Waals surface area (Å²) < 4.78 is 0. The lowest BCUT2D eigenvalue weighted by Gasteiger charge is -2.20. The maximum absolute atomic E-state index is 9.09. The summed E-state index contributed by atoms with van der Waals surface area (Å²) in [5.41, 5.74) is 3.12. The van der Waals surface area contributed by atoms with Gasteiger partial charge in [0.1, 0.15) is 6.07 Å². The second-order valence-electron chi connectivity index (χ2n) is 4.64. The van der Waals surface area contributed by atoms with E-state index in [2.05, 4.69) is 35.2 Å². The van der Waals surface area contributed by atoms with Crippen LogP contribution in [-0.4, -0.2) is 13.6 Å². The van der Waals surface area contributed by atoms with Crippen molar-refractivity contribution in [3.05, 3.63) is 65.7 Å². The lowest BCUT2D eigenvalue weighted by Crippen LogP contribution is -2.20. The number of nitriles is 1. The Balaban J connectivity index is 1.91. The molecule has 19 heavy (non-hydrogen) atoms. The third-order valence-corrected chi connectivity index (χ3v) is 3.24. The van der Waals surface area contributed by atoms with Gasteiger partial charge in [-0.05, 0) is 30.5 Å². The number of hydrogen-bond acceptors (Lipinski definition) is 2. The summed E-state index contributed by atoms with van der Waals surface area (Å²) in [5.74, 6) is 0. The summed E-state index contributed by atoms with van der Waals surface area (Å²) in [7, 11) is 2.04. The number of rotatable bonds is 5. The van der Waals surface area contributed by atoms with E-state index < -0.39 is 0 Å². The van der Waals surface area contributed by atoms with Crippen LogP contribution in [0.3, 0.4) is 0 Å². The molecule has 0 aliphatic heterocycles. The molecule has 0 fully saturated rings. The molecule has 0 heterocycles. The molecule has 2 nitrogen and oxygen atoms in total. The fraction of sp³-hybridized carbons (Fsp3) is 0.235. The first-order valence-electron chi connectivity index (χ1n) is 6.55. The average Bonchev–Trinajstić information content (AvgIpc) is 2.48. The summed E-state index contributed by atoms with van der Waals surface area (Å²) in [4.78, 5) is 2.15. The molecule has 2 heteroatoms. The van der Waals surface area contributed by atoms with Gasteiger partial charge in [-0.1, -0.05) is 42.5 Å². The molecule has 0 amide bonds. The van der Waals surface area contributed by atoms with Crippen molar-refractivity contribution < 1.29 is 0 Å². The quantitative estimate of drug-likeness (QED) is 0.810. The molecule has 2 aromatic carbocycles. The first-order valence-corrected chi connectivity index (χ1v) is 6.55. The highest BCUT2D eigenvalue weighted by atomic mass is 15.1. The molecule has 0 spiro atoms. The molecule has 0 aliphatic rings. The van der Waals surface area contributed by atoms with Crippen molar-refractivity contribution in [2.24, 2.45) is 0 Å². The smallest absolute Gasteiger partial charge is 0.101 e. The van der Waals surface area contributed by atoms with Crippen molar-refractivity contribution in [2.75, 3.05) is 18.5 Å². The maximum Gasteiger partial charge on any atom is 0.101 e. The molecule has 2 rings (SSSR count). The minimum absolute atomic E-state index is 0.740. The minimum Gasteiger partial charge on any atom is -0.374 e. The molecule has 0 radical (unpaired) electrons. The standard InChI is InChI=1S/C17H18N2/c1-19(17-12-6-5-11-16(17)14-18)13-7-10-15-8-3-2-4-9-15/h2-6,8-9,11-12H,7,10,13H2,1H3. The third kappa shape index (κ3) is 3.59. The van der Waals surface area contributed by atoms with Crippen LogP contribution >= 0.6 is 0 Å². The van der Waals surface area contributed by atoms with Crippen molar-refractivity contribution in [1.82, 2.24) is 0 Å². The number of anilines is 1. The maximum atomic E-state index is 9.09. The van der Waals surface area contributed by atoms with Gasteiger partial charge in [0.05, 0.1) is 11.3 Å². The Morgan fingerprint density at radius 1 is 1.00 bits per heavy atom. The molecule has 0 aliphatic carbocycles. The highest BCUT2D eigenvalue weighted by Gasteiger charge is 2.05. The van der Waals surface area contributed by atoms with E-state index in [-0.39, 0.29) is 0 Å². The lowest BCUT2D eigenvalue weighted by atomic mass is 10.1. The Bertz CT molecular complexity index is 555. The molecular formula is C17H18N2. The van der Waals surface area contributed by atoms with Crippen LogP contribution in [-0.2, 0) is 6.42 Å². The van der Waals surface area contributed by atoms with Gasteiger partial charge >= 0.3 is 0 Å². The molecule has 0 saturated heterocycles. The SMILES string of the molecule is CN(CCCc1ccccc1)c1ccccc1C#N. The Labute approximate surface area is 114 Å². The molecule has 0 atom stereocenters. The molecule has 96 valence electrons. The first-order chi connectivity index (χ1) is 9.31.